The summed E-state index contributed by atoms with van der Waals surface area (Å²) in [5.41, 5.74) is 1.42. The van der Waals surface area contributed by atoms with Crippen molar-refractivity contribution in [1.29, 1.82) is 0 Å². The van der Waals surface area contributed by atoms with Crippen LogP contribution >= 0.6 is 0 Å². The SMILES string of the molecule is CN(CC1CNCCO1)c1ccc(C(C)(C)C)cn1. The first-order valence-electron chi connectivity index (χ1n) is 6.97. The van der Waals surface area contributed by atoms with Crippen LogP contribution in [-0.2, 0) is 10.2 Å². The van der Waals surface area contributed by atoms with Crippen LogP contribution in [-0.4, -0.2) is 44.4 Å². The highest BCUT2D eigenvalue weighted by molar-refractivity contribution is 5.39. The van der Waals surface area contributed by atoms with E-state index < -0.39 is 0 Å². The molecule has 4 nitrogen and oxygen atoms in total. The highest BCUT2D eigenvalue weighted by atomic mass is 16.5. The van der Waals surface area contributed by atoms with Crippen LogP contribution in [0.2, 0.25) is 0 Å². The summed E-state index contributed by atoms with van der Waals surface area (Å²) in [5, 5.41) is 3.35. The van der Waals surface area contributed by atoms with Crippen LogP contribution in [0.3, 0.4) is 0 Å². The molecule has 1 aromatic heterocycles. The number of ether oxygens (including phenoxy) is 1. The molecule has 0 aliphatic carbocycles. The number of aromatic nitrogens is 1. The van der Waals surface area contributed by atoms with E-state index in [2.05, 4.69) is 55.2 Å². The van der Waals surface area contributed by atoms with Gasteiger partial charge in [-0.1, -0.05) is 26.8 Å². The van der Waals surface area contributed by atoms with Gasteiger partial charge < -0.3 is 15.0 Å². The Hall–Kier alpha value is -1.13. The topological polar surface area (TPSA) is 37.4 Å². The lowest BCUT2D eigenvalue weighted by molar-refractivity contribution is 0.0339. The number of likely N-dealkylation sites (N-methyl/N-ethyl adjacent to an activating group) is 1. The van der Waals surface area contributed by atoms with Crippen LogP contribution in [0.1, 0.15) is 26.3 Å². The molecule has 2 rings (SSSR count). The second kappa shape index (κ2) is 5.88. The third-order valence-electron chi connectivity index (χ3n) is 3.49. The average Bonchev–Trinajstić information content (AvgIpc) is 2.39. The van der Waals surface area contributed by atoms with Crippen LogP contribution in [0.5, 0.6) is 0 Å². The zero-order chi connectivity index (χ0) is 13.9. The molecular weight excluding hydrogens is 238 g/mol. The fourth-order valence-electron chi connectivity index (χ4n) is 2.19. The smallest absolute Gasteiger partial charge is 0.128 e. The van der Waals surface area contributed by atoms with E-state index in [1.807, 2.05) is 6.20 Å². The standard InChI is InChI=1S/C15H25N3O/c1-15(2,3)12-5-6-14(17-9-12)18(4)11-13-10-16-7-8-19-13/h5-6,9,13,16H,7-8,10-11H2,1-4H3. The van der Waals surface area contributed by atoms with Gasteiger partial charge in [-0.15, -0.1) is 0 Å². The minimum Gasteiger partial charge on any atom is -0.374 e. The summed E-state index contributed by atoms with van der Waals surface area (Å²) in [4.78, 5) is 6.72. The number of anilines is 1. The van der Waals surface area contributed by atoms with E-state index in [9.17, 15) is 0 Å². The van der Waals surface area contributed by atoms with Crippen molar-refractivity contribution in [3.63, 3.8) is 0 Å². The second-order valence-electron chi connectivity index (χ2n) is 6.23. The summed E-state index contributed by atoms with van der Waals surface area (Å²) < 4.78 is 5.72. The van der Waals surface area contributed by atoms with Crippen molar-refractivity contribution in [1.82, 2.24) is 10.3 Å². The number of pyridine rings is 1. The molecule has 0 aromatic carbocycles. The molecule has 1 saturated heterocycles. The van der Waals surface area contributed by atoms with Crippen molar-refractivity contribution in [3.8, 4) is 0 Å². The summed E-state index contributed by atoms with van der Waals surface area (Å²) in [6, 6.07) is 4.26. The van der Waals surface area contributed by atoms with E-state index in [4.69, 9.17) is 4.74 Å². The molecule has 1 atom stereocenters. The zero-order valence-corrected chi connectivity index (χ0v) is 12.4. The van der Waals surface area contributed by atoms with Gasteiger partial charge in [0.15, 0.2) is 0 Å². The van der Waals surface area contributed by atoms with Crippen molar-refractivity contribution < 1.29 is 4.74 Å². The third kappa shape index (κ3) is 3.91. The van der Waals surface area contributed by atoms with Gasteiger partial charge in [0.2, 0.25) is 0 Å². The molecule has 1 fully saturated rings. The number of hydrogen-bond acceptors (Lipinski definition) is 4. The predicted octanol–water partition coefficient (Wildman–Crippen LogP) is 1.80. The summed E-state index contributed by atoms with van der Waals surface area (Å²) in [5.74, 6) is 1.00. The third-order valence-corrected chi connectivity index (χ3v) is 3.49. The molecule has 106 valence electrons. The Morgan fingerprint density at radius 1 is 1.42 bits per heavy atom. The summed E-state index contributed by atoms with van der Waals surface area (Å²) in [6.45, 7) is 10.2. The van der Waals surface area contributed by atoms with Crippen LogP contribution < -0.4 is 10.2 Å². The van der Waals surface area contributed by atoms with Crippen molar-refractivity contribution in [3.05, 3.63) is 23.9 Å². The first-order chi connectivity index (χ1) is 8.97. The van der Waals surface area contributed by atoms with E-state index in [0.29, 0.717) is 0 Å². The van der Waals surface area contributed by atoms with Gasteiger partial charge in [-0.05, 0) is 17.0 Å². The quantitative estimate of drug-likeness (QED) is 0.902. The summed E-state index contributed by atoms with van der Waals surface area (Å²) in [7, 11) is 2.07. The minimum atomic E-state index is 0.153. The Morgan fingerprint density at radius 3 is 2.74 bits per heavy atom. The summed E-state index contributed by atoms with van der Waals surface area (Å²) >= 11 is 0. The minimum absolute atomic E-state index is 0.153. The lowest BCUT2D eigenvalue weighted by atomic mass is 9.88. The molecule has 1 aromatic rings. The fourth-order valence-corrected chi connectivity index (χ4v) is 2.19. The maximum absolute atomic E-state index is 5.72. The van der Waals surface area contributed by atoms with Gasteiger partial charge in [-0.25, -0.2) is 4.98 Å². The first-order valence-corrected chi connectivity index (χ1v) is 6.97. The van der Waals surface area contributed by atoms with Gasteiger partial charge in [0.1, 0.15) is 5.82 Å². The van der Waals surface area contributed by atoms with Gasteiger partial charge >= 0.3 is 0 Å². The van der Waals surface area contributed by atoms with Crippen molar-refractivity contribution in [2.45, 2.75) is 32.3 Å². The summed E-state index contributed by atoms with van der Waals surface area (Å²) in [6.07, 6.45) is 2.23. The number of nitrogens with one attached hydrogen (secondary N) is 1. The van der Waals surface area contributed by atoms with Gasteiger partial charge in [0.25, 0.3) is 0 Å². The van der Waals surface area contributed by atoms with Crippen LogP contribution in [0, 0.1) is 0 Å². The van der Waals surface area contributed by atoms with Gasteiger partial charge in [0, 0.05) is 32.9 Å². The maximum Gasteiger partial charge on any atom is 0.128 e. The highest BCUT2D eigenvalue weighted by Crippen LogP contribution is 2.22. The van der Waals surface area contributed by atoms with Crippen molar-refractivity contribution in [2.24, 2.45) is 0 Å². The molecule has 2 heterocycles. The number of morpholine rings is 1. The Balaban J connectivity index is 1.97. The Kier molecular flexibility index (Phi) is 4.42. The van der Waals surface area contributed by atoms with E-state index in [0.717, 1.165) is 32.1 Å². The molecule has 4 heteroatoms. The van der Waals surface area contributed by atoms with E-state index >= 15 is 0 Å². The van der Waals surface area contributed by atoms with Gasteiger partial charge in [-0.3, -0.25) is 0 Å². The van der Waals surface area contributed by atoms with E-state index in [1.165, 1.54) is 5.56 Å². The molecule has 19 heavy (non-hydrogen) atoms. The highest BCUT2D eigenvalue weighted by Gasteiger charge is 2.17. The number of hydrogen-bond donors (Lipinski definition) is 1. The molecule has 0 amide bonds. The normalized spacial score (nSPS) is 20.3. The number of nitrogens with zero attached hydrogens (tertiary/aromatic N) is 2. The van der Waals surface area contributed by atoms with Crippen molar-refractivity contribution >= 4 is 5.82 Å². The van der Waals surface area contributed by atoms with Crippen LogP contribution in [0.4, 0.5) is 5.82 Å². The lowest BCUT2D eigenvalue weighted by Gasteiger charge is -2.29. The largest absolute Gasteiger partial charge is 0.374 e. The molecule has 0 spiro atoms. The van der Waals surface area contributed by atoms with Gasteiger partial charge in [-0.2, -0.15) is 0 Å². The molecule has 1 aliphatic heterocycles. The predicted molar refractivity (Wildman–Crippen MR) is 78.8 cm³/mol. The van der Waals surface area contributed by atoms with E-state index in [1.54, 1.807) is 0 Å². The maximum atomic E-state index is 5.72. The molecule has 0 radical (unpaired) electrons. The molecule has 1 N–H and O–H groups in total. The number of rotatable bonds is 3. The Labute approximate surface area is 116 Å². The molecular formula is C15H25N3O. The molecule has 0 bridgehead atoms. The average molecular weight is 263 g/mol. The van der Waals surface area contributed by atoms with E-state index in [-0.39, 0.29) is 11.5 Å². The Morgan fingerprint density at radius 2 is 2.21 bits per heavy atom. The van der Waals surface area contributed by atoms with Crippen LogP contribution in [0.15, 0.2) is 18.3 Å². The van der Waals surface area contributed by atoms with Crippen molar-refractivity contribution in [2.75, 3.05) is 38.2 Å². The molecule has 1 aliphatic rings. The first kappa shape index (κ1) is 14.3. The Bertz CT molecular complexity index is 391. The second-order valence-corrected chi connectivity index (χ2v) is 6.23. The molecule has 1 unspecified atom stereocenters. The molecule has 0 saturated carbocycles. The lowest BCUT2D eigenvalue weighted by Crippen LogP contribution is -2.44. The fraction of sp³-hybridized carbons (Fsp3) is 0.667. The van der Waals surface area contributed by atoms with Gasteiger partial charge in [0.05, 0.1) is 12.7 Å². The zero-order valence-electron chi connectivity index (χ0n) is 12.4. The van der Waals surface area contributed by atoms with Crippen LogP contribution in [0.25, 0.3) is 0 Å². The monoisotopic (exact) mass is 263 g/mol.